The first-order chi connectivity index (χ1) is 16.2. The molecule has 176 valence electrons. The molecule has 3 aromatic rings. The summed E-state index contributed by atoms with van der Waals surface area (Å²) < 4.78 is 5.40. The molecule has 0 radical (unpaired) electrons. The van der Waals surface area contributed by atoms with Crippen molar-refractivity contribution in [3.05, 3.63) is 89.4 Å². The number of carbonyl (C=O) groups excluding carboxylic acids is 3. The molecule has 1 aliphatic heterocycles. The highest BCUT2D eigenvalue weighted by Crippen LogP contribution is 2.39. The predicted molar refractivity (Wildman–Crippen MR) is 133 cm³/mol. The first-order valence-electron chi connectivity index (χ1n) is 11.0. The van der Waals surface area contributed by atoms with E-state index in [1.807, 2.05) is 39.0 Å². The molecule has 3 amide bonds. The largest absolute Gasteiger partial charge is 0.467 e. The third kappa shape index (κ3) is 5.51. The Morgan fingerprint density at radius 3 is 2.44 bits per heavy atom. The van der Waals surface area contributed by atoms with Crippen molar-refractivity contribution in [1.82, 2.24) is 10.2 Å². The standard InChI is InChI=1S/C26H27N3O4S/c1-26(2,3)28-24(32)20-8-4-5-9-21(20)27-23(31)17-10-12-18(13-11-17)25-29(22(30)16-34-25)15-19-7-6-14-33-19/h4-14,25H,15-16H2,1-3H3,(H,27,31)(H,28,32)/t25-/m1/s1. The molecule has 0 aliphatic carbocycles. The van der Waals surface area contributed by atoms with Gasteiger partial charge >= 0.3 is 0 Å². The number of thioether (sulfide) groups is 1. The Kier molecular flexibility index (Phi) is 6.79. The molecule has 1 aromatic heterocycles. The number of hydrogen-bond donors (Lipinski definition) is 2. The lowest BCUT2D eigenvalue weighted by molar-refractivity contribution is -0.128. The molecule has 4 rings (SSSR count). The van der Waals surface area contributed by atoms with Gasteiger partial charge in [-0.15, -0.1) is 11.8 Å². The van der Waals surface area contributed by atoms with Crippen LogP contribution in [-0.2, 0) is 11.3 Å². The summed E-state index contributed by atoms with van der Waals surface area (Å²) in [5.41, 5.74) is 1.84. The molecule has 1 aliphatic rings. The maximum absolute atomic E-state index is 12.9. The van der Waals surface area contributed by atoms with E-state index in [2.05, 4.69) is 10.6 Å². The molecule has 0 saturated carbocycles. The quantitative estimate of drug-likeness (QED) is 0.530. The zero-order valence-corrected chi connectivity index (χ0v) is 20.1. The van der Waals surface area contributed by atoms with Crippen LogP contribution in [-0.4, -0.2) is 33.9 Å². The minimum absolute atomic E-state index is 0.0540. The van der Waals surface area contributed by atoms with E-state index in [-0.39, 0.29) is 23.1 Å². The van der Waals surface area contributed by atoms with E-state index in [0.29, 0.717) is 29.1 Å². The number of furan rings is 1. The van der Waals surface area contributed by atoms with Crippen molar-refractivity contribution in [3.8, 4) is 0 Å². The molecule has 2 aromatic carbocycles. The second kappa shape index (κ2) is 9.77. The summed E-state index contributed by atoms with van der Waals surface area (Å²) in [5.74, 6) is 0.619. The summed E-state index contributed by atoms with van der Waals surface area (Å²) in [4.78, 5) is 39.8. The summed E-state index contributed by atoms with van der Waals surface area (Å²) in [6.45, 7) is 6.11. The lowest BCUT2D eigenvalue weighted by Gasteiger charge is -2.23. The van der Waals surface area contributed by atoms with E-state index in [4.69, 9.17) is 4.42 Å². The lowest BCUT2D eigenvalue weighted by Crippen LogP contribution is -2.40. The summed E-state index contributed by atoms with van der Waals surface area (Å²) in [5, 5.41) is 5.62. The Labute approximate surface area is 202 Å². The second-order valence-corrected chi connectivity index (χ2v) is 10.2. The third-order valence-electron chi connectivity index (χ3n) is 5.24. The number of hydrogen-bond acceptors (Lipinski definition) is 5. The van der Waals surface area contributed by atoms with Gasteiger partial charge in [0, 0.05) is 11.1 Å². The molecule has 8 heteroatoms. The van der Waals surface area contributed by atoms with E-state index in [1.165, 1.54) is 0 Å². The van der Waals surface area contributed by atoms with Gasteiger partial charge in [0.25, 0.3) is 11.8 Å². The summed E-state index contributed by atoms with van der Waals surface area (Å²) >= 11 is 1.55. The number of nitrogens with one attached hydrogen (secondary N) is 2. The SMILES string of the molecule is CC(C)(C)NC(=O)c1ccccc1NC(=O)c1ccc([C@H]2SCC(=O)N2Cc2ccco2)cc1. The number of amides is 3. The number of para-hydroxylation sites is 1. The van der Waals surface area contributed by atoms with Crippen molar-refractivity contribution in [2.75, 3.05) is 11.1 Å². The Balaban J connectivity index is 1.47. The van der Waals surface area contributed by atoms with Gasteiger partial charge in [0.15, 0.2) is 0 Å². The van der Waals surface area contributed by atoms with Crippen LogP contribution in [0.15, 0.2) is 71.3 Å². The summed E-state index contributed by atoms with van der Waals surface area (Å²) in [7, 11) is 0. The van der Waals surface area contributed by atoms with E-state index in [9.17, 15) is 14.4 Å². The average molecular weight is 478 g/mol. The Morgan fingerprint density at radius 1 is 1.03 bits per heavy atom. The molecule has 1 fully saturated rings. The monoisotopic (exact) mass is 477 g/mol. The Bertz CT molecular complexity index is 1180. The fourth-order valence-electron chi connectivity index (χ4n) is 3.66. The highest BCUT2D eigenvalue weighted by Gasteiger charge is 2.33. The fraction of sp³-hybridized carbons (Fsp3) is 0.269. The molecule has 7 nitrogen and oxygen atoms in total. The van der Waals surface area contributed by atoms with E-state index >= 15 is 0 Å². The van der Waals surface area contributed by atoms with Crippen LogP contribution >= 0.6 is 11.8 Å². The Morgan fingerprint density at radius 2 is 1.76 bits per heavy atom. The zero-order chi connectivity index (χ0) is 24.3. The van der Waals surface area contributed by atoms with E-state index in [1.54, 1.807) is 65.4 Å². The van der Waals surface area contributed by atoms with Crippen LogP contribution in [0.5, 0.6) is 0 Å². The van der Waals surface area contributed by atoms with Gasteiger partial charge in [-0.2, -0.15) is 0 Å². The van der Waals surface area contributed by atoms with Gasteiger partial charge in [0.1, 0.15) is 11.1 Å². The number of carbonyl (C=O) groups is 3. The molecule has 2 heterocycles. The normalized spacial score (nSPS) is 15.9. The topological polar surface area (TPSA) is 91.7 Å². The molecule has 2 N–H and O–H groups in total. The minimum atomic E-state index is -0.394. The second-order valence-electron chi connectivity index (χ2n) is 9.09. The van der Waals surface area contributed by atoms with Gasteiger partial charge in [0.05, 0.1) is 29.8 Å². The molecule has 0 bridgehead atoms. The molecular weight excluding hydrogens is 450 g/mol. The number of nitrogens with zero attached hydrogens (tertiary/aromatic N) is 1. The van der Waals surface area contributed by atoms with Crippen LogP contribution in [0.2, 0.25) is 0 Å². The smallest absolute Gasteiger partial charge is 0.255 e. The number of benzene rings is 2. The van der Waals surface area contributed by atoms with Crippen LogP contribution in [0.4, 0.5) is 5.69 Å². The van der Waals surface area contributed by atoms with Crippen molar-refractivity contribution >= 4 is 35.2 Å². The van der Waals surface area contributed by atoms with Gasteiger partial charge in [-0.05, 0) is 62.7 Å². The summed E-state index contributed by atoms with van der Waals surface area (Å²) in [6.07, 6.45) is 1.59. The number of anilines is 1. The van der Waals surface area contributed by atoms with Gasteiger partial charge in [0.2, 0.25) is 5.91 Å². The molecule has 0 spiro atoms. The maximum Gasteiger partial charge on any atom is 0.255 e. The van der Waals surface area contributed by atoms with Crippen molar-refractivity contribution in [2.45, 2.75) is 38.2 Å². The molecular formula is C26H27N3O4S. The van der Waals surface area contributed by atoms with Gasteiger partial charge in [-0.1, -0.05) is 24.3 Å². The van der Waals surface area contributed by atoms with E-state index < -0.39 is 5.54 Å². The van der Waals surface area contributed by atoms with Crippen LogP contribution in [0.1, 0.15) is 58.2 Å². The summed E-state index contributed by atoms with van der Waals surface area (Å²) in [6, 6.07) is 17.8. The number of rotatable bonds is 6. The Hall–Kier alpha value is -3.52. The zero-order valence-electron chi connectivity index (χ0n) is 19.3. The van der Waals surface area contributed by atoms with Crippen LogP contribution < -0.4 is 10.6 Å². The predicted octanol–water partition coefficient (Wildman–Crippen LogP) is 4.83. The van der Waals surface area contributed by atoms with Crippen LogP contribution in [0.3, 0.4) is 0 Å². The van der Waals surface area contributed by atoms with Gasteiger partial charge in [-0.3, -0.25) is 14.4 Å². The molecule has 1 atom stereocenters. The fourth-order valence-corrected chi connectivity index (χ4v) is 4.85. The lowest BCUT2D eigenvalue weighted by atomic mass is 10.1. The first kappa shape index (κ1) is 23.6. The first-order valence-corrected chi connectivity index (χ1v) is 12.0. The van der Waals surface area contributed by atoms with Crippen molar-refractivity contribution < 1.29 is 18.8 Å². The molecule has 1 saturated heterocycles. The van der Waals surface area contributed by atoms with Crippen LogP contribution in [0, 0.1) is 0 Å². The average Bonchev–Trinajstić information content (AvgIpc) is 3.43. The van der Waals surface area contributed by atoms with Crippen molar-refractivity contribution in [2.24, 2.45) is 0 Å². The van der Waals surface area contributed by atoms with Crippen LogP contribution in [0.25, 0.3) is 0 Å². The van der Waals surface area contributed by atoms with Gasteiger partial charge < -0.3 is 20.0 Å². The third-order valence-corrected chi connectivity index (χ3v) is 6.50. The highest BCUT2D eigenvalue weighted by atomic mass is 32.2. The van der Waals surface area contributed by atoms with E-state index in [0.717, 1.165) is 11.3 Å². The van der Waals surface area contributed by atoms with Gasteiger partial charge in [-0.25, -0.2) is 0 Å². The van der Waals surface area contributed by atoms with Crippen molar-refractivity contribution in [3.63, 3.8) is 0 Å². The molecule has 34 heavy (non-hydrogen) atoms. The minimum Gasteiger partial charge on any atom is -0.467 e. The molecule has 0 unspecified atom stereocenters. The highest BCUT2D eigenvalue weighted by molar-refractivity contribution is 8.00. The maximum atomic E-state index is 12.9. The van der Waals surface area contributed by atoms with Crippen molar-refractivity contribution in [1.29, 1.82) is 0 Å².